The second-order valence-electron chi connectivity index (χ2n) is 4.08. The van der Waals surface area contributed by atoms with Gasteiger partial charge in [0, 0.05) is 12.7 Å². The Morgan fingerprint density at radius 3 is 2.75 bits per heavy atom. The molecule has 2 rings (SSSR count). The van der Waals surface area contributed by atoms with Crippen molar-refractivity contribution in [1.29, 1.82) is 5.26 Å². The van der Waals surface area contributed by atoms with Crippen LogP contribution in [-0.4, -0.2) is 10.9 Å². The van der Waals surface area contributed by atoms with Crippen molar-refractivity contribution in [2.45, 2.75) is 6.54 Å². The summed E-state index contributed by atoms with van der Waals surface area (Å²) in [5.74, 6) is -0.0913. The van der Waals surface area contributed by atoms with E-state index in [0.717, 1.165) is 5.56 Å². The fourth-order valence-electron chi connectivity index (χ4n) is 1.60. The zero-order chi connectivity index (χ0) is 14.5. The van der Waals surface area contributed by atoms with Gasteiger partial charge in [-0.1, -0.05) is 23.7 Å². The number of rotatable bonds is 3. The molecule has 3 N–H and O–H groups in total. The number of nitrogens with zero attached hydrogens (tertiary/aromatic N) is 2. The van der Waals surface area contributed by atoms with Crippen molar-refractivity contribution in [3.8, 4) is 6.07 Å². The van der Waals surface area contributed by atoms with Crippen molar-refractivity contribution in [3.63, 3.8) is 0 Å². The molecule has 0 atom stereocenters. The summed E-state index contributed by atoms with van der Waals surface area (Å²) in [4.78, 5) is 15.8. The van der Waals surface area contributed by atoms with Crippen LogP contribution in [0, 0.1) is 11.3 Å². The SMILES string of the molecule is N#Cc1ccc(CNC(=O)c2cc(N)ncc2Cl)cc1. The minimum absolute atomic E-state index is 0.234. The summed E-state index contributed by atoms with van der Waals surface area (Å²) >= 11 is 5.90. The second kappa shape index (κ2) is 6.04. The first kappa shape index (κ1) is 13.8. The molecule has 1 aromatic carbocycles. The predicted molar refractivity (Wildman–Crippen MR) is 76.0 cm³/mol. The number of amides is 1. The largest absolute Gasteiger partial charge is 0.384 e. The number of hydrogen-bond acceptors (Lipinski definition) is 4. The lowest BCUT2D eigenvalue weighted by molar-refractivity contribution is 0.0951. The molecule has 0 aliphatic rings. The van der Waals surface area contributed by atoms with Gasteiger partial charge in [-0.2, -0.15) is 5.26 Å². The number of anilines is 1. The van der Waals surface area contributed by atoms with E-state index in [0.29, 0.717) is 12.1 Å². The molecule has 1 aromatic heterocycles. The van der Waals surface area contributed by atoms with E-state index < -0.39 is 0 Å². The monoisotopic (exact) mass is 286 g/mol. The van der Waals surface area contributed by atoms with Gasteiger partial charge in [0.1, 0.15) is 5.82 Å². The Morgan fingerprint density at radius 2 is 2.10 bits per heavy atom. The number of nitrogens with one attached hydrogen (secondary N) is 1. The van der Waals surface area contributed by atoms with Crippen LogP contribution in [0.2, 0.25) is 5.02 Å². The second-order valence-corrected chi connectivity index (χ2v) is 4.49. The lowest BCUT2D eigenvalue weighted by atomic mass is 10.1. The standard InChI is InChI=1S/C14H11ClN4O/c15-12-8-18-13(17)5-11(12)14(20)19-7-10-3-1-9(6-16)2-4-10/h1-5,8H,7H2,(H2,17,18)(H,19,20). The molecule has 0 fully saturated rings. The van der Waals surface area contributed by atoms with Crippen LogP contribution in [0.1, 0.15) is 21.5 Å². The highest BCUT2D eigenvalue weighted by atomic mass is 35.5. The lowest BCUT2D eigenvalue weighted by Gasteiger charge is -2.07. The Kier molecular flexibility index (Phi) is 4.18. The van der Waals surface area contributed by atoms with Crippen molar-refractivity contribution in [3.05, 3.63) is 58.2 Å². The summed E-state index contributed by atoms with van der Waals surface area (Å²) in [5, 5.41) is 11.7. The van der Waals surface area contributed by atoms with E-state index in [4.69, 9.17) is 22.6 Å². The molecule has 0 bridgehead atoms. The third-order valence-corrected chi connectivity index (χ3v) is 2.96. The van der Waals surface area contributed by atoms with Crippen molar-refractivity contribution in [2.24, 2.45) is 0 Å². The summed E-state index contributed by atoms with van der Waals surface area (Å²) in [6, 6.07) is 10.4. The summed E-state index contributed by atoms with van der Waals surface area (Å²) in [6.45, 7) is 0.336. The van der Waals surface area contributed by atoms with Crippen LogP contribution in [0.3, 0.4) is 0 Å². The lowest BCUT2D eigenvalue weighted by Crippen LogP contribution is -2.23. The van der Waals surface area contributed by atoms with Crippen molar-refractivity contribution in [1.82, 2.24) is 10.3 Å². The highest BCUT2D eigenvalue weighted by Gasteiger charge is 2.11. The summed E-state index contributed by atoms with van der Waals surface area (Å²) in [7, 11) is 0. The van der Waals surface area contributed by atoms with E-state index in [1.165, 1.54) is 12.3 Å². The molecule has 1 amide bonds. The number of benzene rings is 1. The first-order valence-electron chi connectivity index (χ1n) is 5.78. The molecule has 6 heteroatoms. The maximum Gasteiger partial charge on any atom is 0.253 e. The van der Waals surface area contributed by atoms with E-state index in [1.54, 1.807) is 24.3 Å². The Morgan fingerprint density at radius 1 is 1.40 bits per heavy atom. The maximum atomic E-state index is 12.0. The average molecular weight is 287 g/mol. The van der Waals surface area contributed by atoms with Crippen LogP contribution in [-0.2, 0) is 6.54 Å². The van der Waals surface area contributed by atoms with E-state index >= 15 is 0 Å². The molecule has 0 saturated heterocycles. The minimum atomic E-state index is -0.326. The van der Waals surface area contributed by atoms with Gasteiger partial charge in [0.05, 0.1) is 22.2 Å². The van der Waals surface area contributed by atoms with Crippen molar-refractivity contribution < 1.29 is 4.79 Å². The van der Waals surface area contributed by atoms with Gasteiger partial charge in [0.2, 0.25) is 0 Å². The number of nitrogen functional groups attached to an aromatic ring is 1. The molecule has 2 aromatic rings. The number of halogens is 1. The Hall–Kier alpha value is -2.58. The third kappa shape index (κ3) is 3.25. The first-order valence-corrected chi connectivity index (χ1v) is 6.16. The van der Waals surface area contributed by atoms with Gasteiger partial charge in [-0.15, -0.1) is 0 Å². The number of carbonyl (C=O) groups is 1. The Labute approximate surface area is 121 Å². The molecule has 0 spiro atoms. The summed E-state index contributed by atoms with van der Waals surface area (Å²) in [6.07, 6.45) is 1.34. The van der Waals surface area contributed by atoms with E-state index in [2.05, 4.69) is 10.3 Å². The predicted octanol–water partition coefficient (Wildman–Crippen LogP) is 2.12. The maximum absolute atomic E-state index is 12.0. The zero-order valence-corrected chi connectivity index (χ0v) is 11.2. The highest BCUT2D eigenvalue weighted by molar-refractivity contribution is 6.33. The number of nitrogens with two attached hydrogens (primary N) is 1. The normalized spacial score (nSPS) is 9.80. The van der Waals surface area contributed by atoms with Crippen LogP contribution in [0.5, 0.6) is 0 Å². The minimum Gasteiger partial charge on any atom is -0.384 e. The molecule has 1 heterocycles. The Bertz CT molecular complexity index is 677. The van der Waals surface area contributed by atoms with E-state index in [9.17, 15) is 4.79 Å². The summed E-state index contributed by atoms with van der Waals surface area (Å²) < 4.78 is 0. The van der Waals surface area contributed by atoms with Gasteiger partial charge in [0.15, 0.2) is 0 Å². The molecule has 0 aliphatic heterocycles. The van der Waals surface area contributed by atoms with E-state index in [1.807, 2.05) is 6.07 Å². The smallest absolute Gasteiger partial charge is 0.253 e. The molecule has 0 unspecified atom stereocenters. The number of hydrogen-bond donors (Lipinski definition) is 2. The molecule has 0 radical (unpaired) electrons. The van der Waals surface area contributed by atoms with Crippen LogP contribution in [0.4, 0.5) is 5.82 Å². The average Bonchev–Trinajstić information content (AvgIpc) is 2.47. The van der Waals surface area contributed by atoms with Gasteiger partial charge >= 0.3 is 0 Å². The van der Waals surface area contributed by atoms with Crippen LogP contribution in [0.15, 0.2) is 36.5 Å². The van der Waals surface area contributed by atoms with Gasteiger partial charge < -0.3 is 11.1 Å². The number of nitriles is 1. The fraction of sp³-hybridized carbons (Fsp3) is 0.0714. The molecule has 100 valence electrons. The molecular formula is C14H11ClN4O. The number of carbonyl (C=O) groups excluding carboxylic acids is 1. The highest BCUT2D eigenvalue weighted by Crippen LogP contribution is 2.16. The molecule has 5 nitrogen and oxygen atoms in total. The molecular weight excluding hydrogens is 276 g/mol. The van der Waals surface area contributed by atoms with Crippen LogP contribution >= 0.6 is 11.6 Å². The van der Waals surface area contributed by atoms with Crippen molar-refractivity contribution in [2.75, 3.05) is 5.73 Å². The molecule has 0 aliphatic carbocycles. The van der Waals surface area contributed by atoms with Gasteiger partial charge in [-0.05, 0) is 23.8 Å². The van der Waals surface area contributed by atoms with Crippen LogP contribution < -0.4 is 11.1 Å². The third-order valence-electron chi connectivity index (χ3n) is 2.66. The van der Waals surface area contributed by atoms with E-state index in [-0.39, 0.29) is 22.3 Å². The molecule has 0 saturated carbocycles. The summed E-state index contributed by atoms with van der Waals surface area (Å²) in [5.41, 5.74) is 7.27. The topological polar surface area (TPSA) is 91.8 Å². The van der Waals surface area contributed by atoms with Crippen LogP contribution in [0.25, 0.3) is 0 Å². The van der Waals surface area contributed by atoms with Gasteiger partial charge in [-0.3, -0.25) is 4.79 Å². The number of aromatic nitrogens is 1. The first-order chi connectivity index (χ1) is 9.60. The fourth-order valence-corrected chi connectivity index (χ4v) is 1.79. The quantitative estimate of drug-likeness (QED) is 0.904. The van der Waals surface area contributed by atoms with Gasteiger partial charge in [-0.25, -0.2) is 4.98 Å². The number of pyridine rings is 1. The van der Waals surface area contributed by atoms with Crippen molar-refractivity contribution >= 4 is 23.3 Å². The Balaban J connectivity index is 2.04. The molecule has 20 heavy (non-hydrogen) atoms. The van der Waals surface area contributed by atoms with Gasteiger partial charge in [0.25, 0.3) is 5.91 Å². The zero-order valence-electron chi connectivity index (χ0n) is 10.4.